The first-order valence-electron chi connectivity index (χ1n) is 8.26. The topological polar surface area (TPSA) is 58.8 Å². The van der Waals surface area contributed by atoms with Crippen molar-refractivity contribution in [1.29, 1.82) is 0 Å². The molecule has 0 aromatic rings. The number of halogens is 2. The summed E-state index contributed by atoms with van der Waals surface area (Å²) in [5.41, 5.74) is 5.98. The van der Waals surface area contributed by atoms with Gasteiger partial charge in [-0.05, 0) is 31.2 Å². The van der Waals surface area contributed by atoms with Gasteiger partial charge in [0.25, 0.3) is 5.91 Å². The number of hydrogen-bond donors (Lipinski definition) is 1. The van der Waals surface area contributed by atoms with Crippen molar-refractivity contribution >= 4 is 30.7 Å². The molecule has 2 heterocycles. The van der Waals surface area contributed by atoms with Crippen LogP contribution in [0.4, 0.5) is 0 Å². The monoisotopic (exact) mass is 369 g/mol. The zero-order chi connectivity index (χ0) is 15.5. The maximum Gasteiger partial charge on any atom is 0.251 e. The lowest BCUT2D eigenvalue weighted by atomic mass is 9.92. The molecule has 2 aliphatic heterocycles. The van der Waals surface area contributed by atoms with Crippen molar-refractivity contribution in [2.24, 2.45) is 11.1 Å². The van der Waals surface area contributed by atoms with Crippen molar-refractivity contribution in [2.75, 3.05) is 39.3 Å². The van der Waals surface area contributed by atoms with Crippen LogP contribution in [0.1, 0.15) is 40.0 Å². The third-order valence-corrected chi connectivity index (χ3v) is 4.51. The minimum Gasteiger partial charge on any atom is -0.364 e. The van der Waals surface area contributed by atoms with E-state index < -0.39 is 0 Å². The summed E-state index contributed by atoms with van der Waals surface area (Å²) in [6.45, 7) is 12.1. The molecule has 2 aliphatic rings. The van der Waals surface area contributed by atoms with Gasteiger partial charge in [-0.3, -0.25) is 9.69 Å². The molecule has 0 aliphatic carbocycles. The largest absolute Gasteiger partial charge is 0.364 e. The normalized spacial score (nSPS) is 25.7. The number of nitrogens with two attached hydrogens (primary N) is 1. The lowest BCUT2D eigenvalue weighted by Gasteiger charge is -2.36. The molecule has 2 saturated heterocycles. The van der Waals surface area contributed by atoms with E-state index in [1.807, 2.05) is 4.90 Å². The summed E-state index contributed by atoms with van der Waals surface area (Å²) < 4.78 is 5.71. The van der Waals surface area contributed by atoms with Gasteiger partial charge in [-0.1, -0.05) is 20.8 Å². The fraction of sp³-hybridized carbons (Fsp3) is 0.938. The lowest BCUT2D eigenvalue weighted by molar-refractivity contribution is -0.144. The Bertz CT molecular complexity index is 356. The van der Waals surface area contributed by atoms with Crippen LogP contribution in [-0.4, -0.2) is 67.2 Å². The molecule has 1 amide bonds. The SMILES string of the molecule is CC(C)(C)CCN1CCN(C(=O)[C@@H]2CC[C@H](CN)O2)CC1.Cl.Cl. The third-order valence-electron chi connectivity index (χ3n) is 4.51. The number of nitrogens with zero attached hydrogens (tertiary/aromatic N) is 2. The van der Waals surface area contributed by atoms with E-state index in [1.165, 1.54) is 6.42 Å². The second kappa shape index (κ2) is 10.0. The van der Waals surface area contributed by atoms with E-state index in [2.05, 4.69) is 25.7 Å². The molecule has 0 unspecified atom stereocenters. The summed E-state index contributed by atoms with van der Waals surface area (Å²) in [5, 5.41) is 0. The number of carbonyl (C=O) groups is 1. The summed E-state index contributed by atoms with van der Waals surface area (Å²) >= 11 is 0. The highest BCUT2D eigenvalue weighted by molar-refractivity contribution is 5.85. The zero-order valence-electron chi connectivity index (χ0n) is 14.6. The first-order valence-corrected chi connectivity index (χ1v) is 8.26. The number of hydrogen-bond acceptors (Lipinski definition) is 4. The molecule has 2 atom stereocenters. The van der Waals surface area contributed by atoms with Crippen molar-refractivity contribution in [3.63, 3.8) is 0 Å². The van der Waals surface area contributed by atoms with Crippen molar-refractivity contribution in [2.45, 2.75) is 52.2 Å². The van der Waals surface area contributed by atoms with Gasteiger partial charge in [0.1, 0.15) is 6.10 Å². The Morgan fingerprint density at radius 2 is 1.74 bits per heavy atom. The molecule has 7 heteroatoms. The van der Waals surface area contributed by atoms with Crippen LogP contribution in [0.15, 0.2) is 0 Å². The van der Waals surface area contributed by atoms with Crippen LogP contribution in [0.5, 0.6) is 0 Å². The number of carbonyl (C=O) groups excluding carboxylic acids is 1. The first-order chi connectivity index (χ1) is 9.89. The van der Waals surface area contributed by atoms with E-state index in [0.717, 1.165) is 45.6 Å². The maximum absolute atomic E-state index is 12.4. The van der Waals surface area contributed by atoms with Gasteiger partial charge in [0, 0.05) is 32.7 Å². The molecule has 5 nitrogen and oxygen atoms in total. The van der Waals surface area contributed by atoms with Gasteiger partial charge >= 0.3 is 0 Å². The molecule has 0 aromatic heterocycles. The molecule has 0 aromatic carbocycles. The minimum absolute atomic E-state index is 0. The number of ether oxygens (including phenoxy) is 1. The highest BCUT2D eigenvalue weighted by Crippen LogP contribution is 2.22. The molecule has 0 bridgehead atoms. The predicted octanol–water partition coefficient (Wildman–Crippen LogP) is 1.92. The summed E-state index contributed by atoms with van der Waals surface area (Å²) in [6, 6.07) is 0. The van der Waals surface area contributed by atoms with Crippen molar-refractivity contribution in [3.05, 3.63) is 0 Å². The average molecular weight is 370 g/mol. The Kier molecular flexibility index (Phi) is 10.0. The van der Waals surface area contributed by atoms with Gasteiger partial charge in [-0.15, -0.1) is 24.8 Å². The van der Waals surface area contributed by atoms with Crippen LogP contribution in [0.25, 0.3) is 0 Å². The van der Waals surface area contributed by atoms with Crippen LogP contribution in [0.3, 0.4) is 0 Å². The van der Waals surface area contributed by atoms with Crippen LogP contribution in [0.2, 0.25) is 0 Å². The minimum atomic E-state index is -0.250. The van der Waals surface area contributed by atoms with Crippen molar-refractivity contribution in [3.8, 4) is 0 Å². The maximum atomic E-state index is 12.4. The molecule has 0 saturated carbocycles. The van der Waals surface area contributed by atoms with Gasteiger partial charge in [0.2, 0.25) is 0 Å². The number of amides is 1. The number of rotatable bonds is 4. The third kappa shape index (κ3) is 7.14. The van der Waals surface area contributed by atoms with Crippen LogP contribution < -0.4 is 5.73 Å². The van der Waals surface area contributed by atoms with Gasteiger partial charge < -0.3 is 15.4 Å². The van der Waals surface area contributed by atoms with Gasteiger partial charge in [-0.2, -0.15) is 0 Å². The second-order valence-corrected chi connectivity index (χ2v) is 7.54. The van der Waals surface area contributed by atoms with Crippen molar-refractivity contribution in [1.82, 2.24) is 9.80 Å². The molecule has 2 rings (SSSR count). The summed E-state index contributed by atoms with van der Waals surface area (Å²) in [5.74, 6) is 0.168. The van der Waals surface area contributed by atoms with Crippen molar-refractivity contribution < 1.29 is 9.53 Å². The van der Waals surface area contributed by atoms with E-state index >= 15 is 0 Å². The quantitative estimate of drug-likeness (QED) is 0.822. The Labute approximate surface area is 153 Å². The molecule has 2 fully saturated rings. The van der Waals surface area contributed by atoms with E-state index in [-0.39, 0.29) is 42.9 Å². The zero-order valence-corrected chi connectivity index (χ0v) is 16.3. The molecule has 0 spiro atoms. The van der Waals surface area contributed by atoms with E-state index in [4.69, 9.17) is 10.5 Å². The summed E-state index contributed by atoms with van der Waals surface area (Å²) in [6.07, 6.45) is 2.76. The Balaban J connectivity index is 0.00000242. The molecule has 2 N–H and O–H groups in total. The van der Waals surface area contributed by atoms with Crippen LogP contribution >= 0.6 is 24.8 Å². The Morgan fingerprint density at radius 3 is 2.22 bits per heavy atom. The smallest absolute Gasteiger partial charge is 0.251 e. The number of piperazine rings is 1. The second-order valence-electron chi connectivity index (χ2n) is 7.54. The molecule has 0 radical (unpaired) electrons. The summed E-state index contributed by atoms with van der Waals surface area (Å²) in [4.78, 5) is 16.9. The van der Waals surface area contributed by atoms with Gasteiger partial charge in [0.05, 0.1) is 6.10 Å². The summed E-state index contributed by atoms with van der Waals surface area (Å²) in [7, 11) is 0. The fourth-order valence-corrected chi connectivity index (χ4v) is 2.95. The Morgan fingerprint density at radius 1 is 1.13 bits per heavy atom. The first kappa shape index (κ1) is 22.9. The van der Waals surface area contributed by atoms with Crippen LogP contribution in [-0.2, 0) is 9.53 Å². The van der Waals surface area contributed by atoms with E-state index in [0.29, 0.717) is 12.0 Å². The Hall–Kier alpha value is -0.0700. The molecular weight excluding hydrogens is 337 g/mol. The molecule has 138 valence electrons. The average Bonchev–Trinajstić information content (AvgIpc) is 2.93. The van der Waals surface area contributed by atoms with E-state index in [9.17, 15) is 4.79 Å². The van der Waals surface area contributed by atoms with E-state index in [1.54, 1.807) is 0 Å². The van der Waals surface area contributed by atoms with Gasteiger partial charge in [-0.25, -0.2) is 0 Å². The van der Waals surface area contributed by atoms with Gasteiger partial charge in [0.15, 0.2) is 0 Å². The highest BCUT2D eigenvalue weighted by Gasteiger charge is 2.34. The highest BCUT2D eigenvalue weighted by atomic mass is 35.5. The lowest BCUT2D eigenvalue weighted by Crippen LogP contribution is -2.51. The molecule has 23 heavy (non-hydrogen) atoms. The standard InChI is InChI=1S/C16H31N3O2.2ClH/c1-16(2,3)6-7-18-8-10-19(11-9-18)15(20)14-5-4-13(12-17)21-14;;/h13-14H,4-12,17H2,1-3H3;2*1H/t13-,14+;;/m1../s1. The fourth-order valence-electron chi connectivity index (χ4n) is 2.95. The predicted molar refractivity (Wildman–Crippen MR) is 98.5 cm³/mol. The molecular formula is C16H33Cl2N3O2. The van der Waals surface area contributed by atoms with Crippen LogP contribution in [0, 0.1) is 5.41 Å².